The van der Waals surface area contributed by atoms with Crippen molar-refractivity contribution in [2.75, 3.05) is 13.2 Å². The minimum atomic E-state index is -0.378. The van der Waals surface area contributed by atoms with Crippen molar-refractivity contribution >= 4 is 0 Å². The number of nitriles is 1. The number of hydrogen-bond acceptors (Lipinski definition) is 3. The van der Waals surface area contributed by atoms with Gasteiger partial charge in [0.25, 0.3) is 0 Å². The maximum atomic E-state index is 14.2. The molecule has 2 aromatic rings. The Kier molecular flexibility index (Phi) is 6.30. The molecule has 2 rings (SSSR count). The molecule has 0 amide bonds. The van der Waals surface area contributed by atoms with Gasteiger partial charge in [0.05, 0.1) is 11.6 Å². The van der Waals surface area contributed by atoms with Gasteiger partial charge in [-0.3, -0.25) is 0 Å². The fourth-order valence-electron chi connectivity index (χ4n) is 2.99. The Balaban J connectivity index is 2.17. The SMILES string of the molecule is CC(NCC(c1ccccc1)C(C)(C)CO)c1ccc(C#N)cc1F. The lowest BCUT2D eigenvalue weighted by Gasteiger charge is -2.34. The first kappa shape index (κ1) is 19.1. The van der Waals surface area contributed by atoms with E-state index >= 15 is 0 Å². The van der Waals surface area contributed by atoms with Crippen molar-refractivity contribution in [3.63, 3.8) is 0 Å². The Morgan fingerprint density at radius 3 is 2.44 bits per heavy atom. The molecule has 2 aromatic carbocycles. The lowest BCUT2D eigenvalue weighted by molar-refractivity contribution is 0.128. The van der Waals surface area contributed by atoms with Crippen LogP contribution >= 0.6 is 0 Å². The molecule has 0 saturated carbocycles. The second kappa shape index (κ2) is 8.24. The minimum absolute atomic E-state index is 0.0633. The summed E-state index contributed by atoms with van der Waals surface area (Å²) in [5.74, 6) is -0.292. The van der Waals surface area contributed by atoms with Crippen molar-refractivity contribution in [2.24, 2.45) is 5.41 Å². The predicted octanol–water partition coefficient (Wildman–Crippen LogP) is 4.15. The summed E-state index contributed by atoms with van der Waals surface area (Å²) in [7, 11) is 0. The van der Waals surface area contributed by atoms with E-state index < -0.39 is 0 Å². The van der Waals surface area contributed by atoms with Crippen LogP contribution < -0.4 is 5.32 Å². The summed E-state index contributed by atoms with van der Waals surface area (Å²) in [6, 6.07) is 16.3. The fraction of sp³-hybridized carbons (Fsp3) is 0.381. The monoisotopic (exact) mass is 340 g/mol. The highest BCUT2D eigenvalue weighted by Gasteiger charge is 2.30. The molecule has 0 saturated heterocycles. The van der Waals surface area contributed by atoms with Crippen LogP contribution in [0.25, 0.3) is 0 Å². The number of nitrogens with zero attached hydrogens (tertiary/aromatic N) is 1. The zero-order valence-corrected chi connectivity index (χ0v) is 15.0. The standard InChI is InChI=1S/C21H25FN2O/c1-15(18-10-9-16(12-23)11-20(18)22)24-13-19(21(2,3)14-25)17-7-5-4-6-8-17/h4-11,15,19,24-25H,13-14H2,1-3H3. The van der Waals surface area contributed by atoms with E-state index in [2.05, 4.69) is 17.4 Å². The molecule has 2 atom stereocenters. The van der Waals surface area contributed by atoms with E-state index in [4.69, 9.17) is 5.26 Å². The molecule has 25 heavy (non-hydrogen) atoms. The molecular formula is C21H25FN2O. The molecule has 4 heteroatoms. The first-order valence-electron chi connectivity index (χ1n) is 8.47. The summed E-state index contributed by atoms with van der Waals surface area (Å²) in [6.45, 7) is 6.63. The van der Waals surface area contributed by atoms with E-state index in [9.17, 15) is 9.50 Å². The van der Waals surface area contributed by atoms with Crippen LogP contribution in [0.1, 0.15) is 49.4 Å². The second-order valence-corrected chi connectivity index (χ2v) is 7.09. The van der Waals surface area contributed by atoms with Gasteiger partial charge < -0.3 is 10.4 Å². The molecule has 2 unspecified atom stereocenters. The number of hydrogen-bond donors (Lipinski definition) is 2. The first-order valence-corrected chi connectivity index (χ1v) is 8.47. The molecule has 0 aliphatic heterocycles. The number of halogens is 1. The van der Waals surface area contributed by atoms with E-state index in [0.717, 1.165) is 5.56 Å². The van der Waals surface area contributed by atoms with Crippen LogP contribution in [0.5, 0.6) is 0 Å². The molecular weight excluding hydrogens is 315 g/mol. The lowest BCUT2D eigenvalue weighted by atomic mass is 9.75. The van der Waals surface area contributed by atoms with Crippen LogP contribution in [0.15, 0.2) is 48.5 Å². The summed E-state index contributed by atoms with van der Waals surface area (Å²) >= 11 is 0. The van der Waals surface area contributed by atoms with Gasteiger partial charge in [-0.05, 0) is 30.0 Å². The molecule has 3 nitrogen and oxygen atoms in total. The Morgan fingerprint density at radius 2 is 1.88 bits per heavy atom. The molecule has 0 fully saturated rings. The van der Waals surface area contributed by atoms with Gasteiger partial charge >= 0.3 is 0 Å². The van der Waals surface area contributed by atoms with E-state index in [-0.39, 0.29) is 29.8 Å². The normalized spacial score (nSPS) is 13.9. The van der Waals surface area contributed by atoms with Crippen molar-refractivity contribution in [3.05, 3.63) is 71.0 Å². The van der Waals surface area contributed by atoms with Gasteiger partial charge in [-0.15, -0.1) is 0 Å². The van der Waals surface area contributed by atoms with Gasteiger partial charge in [-0.2, -0.15) is 5.26 Å². The van der Waals surface area contributed by atoms with Crippen molar-refractivity contribution in [3.8, 4) is 6.07 Å². The summed E-state index contributed by atoms with van der Waals surface area (Å²) in [5, 5.41) is 22.0. The van der Waals surface area contributed by atoms with Crippen LogP contribution in [0.2, 0.25) is 0 Å². The molecule has 2 N–H and O–H groups in total. The number of nitrogens with one attached hydrogen (secondary N) is 1. The predicted molar refractivity (Wildman–Crippen MR) is 97.6 cm³/mol. The number of benzene rings is 2. The summed E-state index contributed by atoms with van der Waals surface area (Å²) in [5.41, 5.74) is 1.68. The van der Waals surface area contributed by atoms with Gasteiger partial charge in [0.15, 0.2) is 0 Å². The van der Waals surface area contributed by atoms with Crippen LogP contribution in [-0.4, -0.2) is 18.3 Å². The van der Waals surface area contributed by atoms with Gasteiger partial charge in [-0.25, -0.2) is 4.39 Å². The van der Waals surface area contributed by atoms with Crippen molar-refractivity contribution < 1.29 is 9.50 Å². The smallest absolute Gasteiger partial charge is 0.129 e. The van der Waals surface area contributed by atoms with Gasteiger partial charge in [-0.1, -0.05) is 50.2 Å². The molecule has 0 heterocycles. The summed E-state index contributed by atoms with van der Waals surface area (Å²) in [4.78, 5) is 0. The molecule has 0 aromatic heterocycles. The lowest BCUT2D eigenvalue weighted by Crippen LogP contribution is -2.35. The van der Waals surface area contributed by atoms with Crippen LogP contribution in [0.4, 0.5) is 4.39 Å². The minimum Gasteiger partial charge on any atom is -0.396 e. The topological polar surface area (TPSA) is 56.0 Å². The quantitative estimate of drug-likeness (QED) is 0.796. The Bertz CT molecular complexity index is 737. The average Bonchev–Trinajstić information content (AvgIpc) is 2.62. The maximum absolute atomic E-state index is 14.2. The highest BCUT2D eigenvalue weighted by Crippen LogP contribution is 2.35. The van der Waals surface area contributed by atoms with E-state index in [1.807, 2.05) is 45.0 Å². The van der Waals surface area contributed by atoms with Crippen molar-refractivity contribution in [1.29, 1.82) is 5.26 Å². The molecule has 0 bridgehead atoms. The van der Waals surface area contributed by atoms with Gasteiger partial charge in [0.2, 0.25) is 0 Å². The fourth-order valence-corrected chi connectivity index (χ4v) is 2.99. The van der Waals surface area contributed by atoms with Gasteiger partial charge in [0.1, 0.15) is 5.82 Å². The maximum Gasteiger partial charge on any atom is 0.129 e. The Labute approximate surface area is 149 Å². The third kappa shape index (κ3) is 4.66. The zero-order valence-electron chi connectivity index (χ0n) is 15.0. The van der Waals surface area contributed by atoms with Crippen LogP contribution in [-0.2, 0) is 0 Å². The molecule has 0 radical (unpaired) electrons. The number of aliphatic hydroxyl groups is 1. The summed E-state index contributed by atoms with van der Waals surface area (Å²) < 4.78 is 14.2. The first-order chi connectivity index (χ1) is 11.9. The van der Waals surface area contributed by atoms with Gasteiger partial charge in [0, 0.05) is 30.7 Å². The Morgan fingerprint density at radius 1 is 1.20 bits per heavy atom. The molecule has 132 valence electrons. The zero-order chi connectivity index (χ0) is 18.4. The molecule has 0 aliphatic carbocycles. The van der Waals surface area contributed by atoms with Crippen molar-refractivity contribution in [2.45, 2.75) is 32.7 Å². The number of aliphatic hydroxyl groups excluding tert-OH is 1. The highest BCUT2D eigenvalue weighted by molar-refractivity contribution is 5.34. The summed E-state index contributed by atoms with van der Waals surface area (Å²) in [6.07, 6.45) is 0. The number of rotatable bonds is 7. The highest BCUT2D eigenvalue weighted by atomic mass is 19.1. The van der Waals surface area contributed by atoms with E-state index in [0.29, 0.717) is 17.7 Å². The van der Waals surface area contributed by atoms with E-state index in [1.165, 1.54) is 6.07 Å². The molecule has 0 spiro atoms. The second-order valence-electron chi connectivity index (χ2n) is 7.09. The third-order valence-corrected chi connectivity index (χ3v) is 4.78. The average molecular weight is 340 g/mol. The van der Waals surface area contributed by atoms with Crippen LogP contribution in [0.3, 0.4) is 0 Å². The third-order valence-electron chi connectivity index (χ3n) is 4.78. The van der Waals surface area contributed by atoms with Crippen LogP contribution in [0, 0.1) is 22.6 Å². The van der Waals surface area contributed by atoms with E-state index in [1.54, 1.807) is 12.1 Å². The van der Waals surface area contributed by atoms with Crippen molar-refractivity contribution in [1.82, 2.24) is 5.32 Å². The largest absolute Gasteiger partial charge is 0.396 e. The molecule has 0 aliphatic rings. The Hall–Kier alpha value is -2.22.